The highest BCUT2D eigenvalue weighted by atomic mass is 19.4. The minimum absolute atomic E-state index is 0.00438. The molecule has 0 saturated heterocycles. The lowest BCUT2D eigenvalue weighted by Crippen LogP contribution is -2.37. The lowest BCUT2D eigenvalue weighted by molar-refractivity contribution is -0.192. The first-order chi connectivity index (χ1) is 18.6. The van der Waals surface area contributed by atoms with Crippen LogP contribution in [0.5, 0.6) is 5.75 Å². The van der Waals surface area contributed by atoms with Crippen molar-refractivity contribution in [1.82, 2.24) is 5.32 Å². The number of halogens is 6. The van der Waals surface area contributed by atoms with Crippen molar-refractivity contribution in [3.8, 4) is 5.75 Å². The molecule has 40 heavy (non-hydrogen) atoms. The monoisotopic (exact) mass is 578 g/mol. The van der Waals surface area contributed by atoms with Gasteiger partial charge in [0.25, 0.3) is 0 Å². The Morgan fingerprint density at radius 2 is 1.70 bits per heavy atom. The molecule has 1 amide bonds. The molecule has 0 fully saturated rings. The summed E-state index contributed by atoms with van der Waals surface area (Å²) in [6.07, 6.45) is -7.92. The van der Waals surface area contributed by atoms with Crippen LogP contribution in [-0.2, 0) is 40.0 Å². The first-order valence-corrected chi connectivity index (χ1v) is 12.1. The van der Waals surface area contributed by atoms with Gasteiger partial charge < -0.3 is 25.2 Å². The molecular weight excluding hydrogens is 550 g/mol. The number of ether oxygens (including phenoxy) is 1. The molecule has 8 nitrogen and oxygen atoms in total. The average molecular weight is 579 g/mol. The van der Waals surface area contributed by atoms with Gasteiger partial charge in [-0.25, -0.2) is 4.79 Å². The number of fused-ring (bicyclic) bond motifs is 1. The number of aliphatic carboxylic acids is 2. The molecule has 3 rings (SSSR count). The Morgan fingerprint density at radius 3 is 2.27 bits per heavy atom. The third kappa shape index (κ3) is 9.74. The molecule has 0 radical (unpaired) electrons. The largest absolute Gasteiger partial charge is 0.490 e. The Labute approximate surface area is 225 Å². The topological polar surface area (TPSA) is 116 Å². The van der Waals surface area contributed by atoms with E-state index in [9.17, 15) is 35.9 Å². The van der Waals surface area contributed by atoms with E-state index in [2.05, 4.69) is 5.32 Å². The second-order valence-corrected chi connectivity index (χ2v) is 8.74. The molecule has 1 aliphatic heterocycles. The van der Waals surface area contributed by atoms with Gasteiger partial charge in [-0.05, 0) is 53.8 Å². The van der Waals surface area contributed by atoms with E-state index in [1.54, 1.807) is 29.2 Å². The first kappa shape index (κ1) is 32.4. The Kier molecular flexibility index (Phi) is 11.3. The number of carboxylic acids is 2. The number of alkyl halides is 6. The van der Waals surface area contributed by atoms with Crippen LogP contribution in [0, 0.1) is 0 Å². The van der Waals surface area contributed by atoms with E-state index < -0.39 is 29.9 Å². The Morgan fingerprint density at radius 1 is 1.02 bits per heavy atom. The van der Waals surface area contributed by atoms with Crippen LogP contribution in [0.25, 0.3) is 0 Å². The molecule has 220 valence electrons. The number of nitrogens with zero attached hydrogens (tertiary/aromatic N) is 1. The lowest BCUT2D eigenvalue weighted by Gasteiger charge is -2.18. The number of hydrogen-bond donors (Lipinski definition) is 3. The molecule has 1 aliphatic rings. The van der Waals surface area contributed by atoms with Gasteiger partial charge in [0.15, 0.2) is 0 Å². The third-order valence-electron chi connectivity index (χ3n) is 5.69. The SMILES string of the molecule is CCCc1ccc(COc2ccc3c(c2)CCN3C(=O)CNCCC(=O)O)cc1C(F)(F)F.O=C(O)C(F)(F)F. The molecule has 0 atom stereocenters. The summed E-state index contributed by atoms with van der Waals surface area (Å²) in [5.74, 6) is -3.32. The predicted octanol–water partition coefficient (Wildman–Crippen LogP) is 4.82. The van der Waals surface area contributed by atoms with Crippen molar-refractivity contribution in [3.05, 3.63) is 58.7 Å². The van der Waals surface area contributed by atoms with E-state index in [0.717, 1.165) is 17.3 Å². The van der Waals surface area contributed by atoms with Crippen molar-refractivity contribution in [2.24, 2.45) is 0 Å². The van der Waals surface area contributed by atoms with Crippen molar-refractivity contribution < 1.29 is 55.7 Å². The van der Waals surface area contributed by atoms with Crippen LogP contribution in [0.1, 0.15) is 42.0 Å². The normalized spacial score (nSPS) is 12.8. The van der Waals surface area contributed by atoms with E-state index in [1.165, 1.54) is 6.07 Å². The fourth-order valence-electron chi connectivity index (χ4n) is 3.84. The highest BCUT2D eigenvalue weighted by Crippen LogP contribution is 2.34. The van der Waals surface area contributed by atoms with Crippen LogP contribution in [0.15, 0.2) is 36.4 Å². The summed E-state index contributed by atoms with van der Waals surface area (Å²) in [4.78, 5) is 33.5. The molecule has 0 bridgehead atoms. The van der Waals surface area contributed by atoms with Gasteiger partial charge in [-0.15, -0.1) is 0 Å². The van der Waals surface area contributed by atoms with E-state index in [4.69, 9.17) is 19.7 Å². The number of nitrogens with one attached hydrogen (secondary N) is 1. The van der Waals surface area contributed by atoms with E-state index in [1.807, 2.05) is 6.92 Å². The number of carbonyl (C=O) groups excluding carboxylic acids is 1. The van der Waals surface area contributed by atoms with E-state index >= 15 is 0 Å². The number of anilines is 1. The average Bonchev–Trinajstić information content (AvgIpc) is 3.28. The quantitative estimate of drug-likeness (QED) is 0.273. The van der Waals surface area contributed by atoms with Crippen LogP contribution < -0.4 is 15.0 Å². The van der Waals surface area contributed by atoms with Crippen molar-refractivity contribution in [2.75, 3.05) is 24.5 Å². The molecule has 2 aromatic carbocycles. The van der Waals surface area contributed by atoms with Crippen molar-refractivity contribution >= 4 is 23.5 Å². The maximum absolute atomic E-state index is 13.4. The molecular formula is C26H28F6N2O6. The van der Waals surface area contributed by atoms with Crippen LogP contribution in [0.4, 0.5) is 32.0 Å². The fourth-order valence-corrected chi connectivity index (χ4v) is 3.84. The van der Waals surface area contributed by atoms with E-state index in [-0.39, 0.29) is 37.6 Å². The number of carboxylic acid groups (broad SMARTS) is 2. The molecule has 0 aromatic heterocycles. The second kappa shape index (κ2) is 14.0. The molecule has 0 spiro atoms. The Balaban J connectivity index is 0.000000708. The maximum atomic E-state index is 13.4. The maximum Gasteiger partial charge on any atom is 0.490 e. The van der Waals surface area contributed by atoms with Gasteiger partial charge in [0, 0.05) is 18.8 Å². The van der Waals surface area contributed by atoms with Gasteiger partial charge >= 0.3 is 24.3 Å². The lowest BCUT2D eigenvalue weighted by atomic mass is 10.00. The molecule has 1 heterocycles. The fraction of sp³-hybridized carbons (Fsp3) is 0.423. The van der Waals surface area contributed by atoms with Gasteiger partial charge in [-0.1, -0.05) is 25.5 Å². The predicted molar refractivity (Wildman–Crippen MR) is 131 cm³/mol. The zero-order chi connectivity index (χ0) is 30.1. The number of hydrogen-bond acceptors (Lipinski definition) is 5. The number of carbonyl (C=O) groups is 3. The standard InChI is InChI=1S/C24H27F3N2O4.C2HF3O2/c1-2-3-17-5-4-16(12-20(17)24(25,26)27)15-33-19-6-7-21-18(13-19)9-11-29(21)22(30)14-28-10-8-23(31)32;3-2(4,5)1(6)7/h4-7,12-13,28H,2-3,8-11,14-15H2,1H3,(H,31,32);(H,6,7). The van der Waals surface area contributed by atoms with E-state index in [0.29, 0.717) is 37.1 Å². The summed E-state index contributed by atoms with van der Waals surface area (Å²) < 4.78 is 77.7. The van der Waals surface area contributed by atoms with Crippen LogP contribution in [-0.4, -0.2) is 53.9 Å². The van der Waals surface area contributed by atoms with Crippen LogP contribution in [0.2, 0.25) is 0 Å². The van der Waals surface area contributed by atoms with Crippen LogP contribution in [0.3, 0.4) is 0 Å². The molecule has 0 saturated carbocycles. The van der Waals surface area contributed by atoms with Crippen molar-refractivity contribution in [1.29, 1.82) is 0 Å². The van der Waals surface area contributed by atoms with Gasteiger partial charge in [-0.3, -0.25) is 9.59 Å². The molecule has 14 heteroatoms. The summed E-state index contributed by atoms with van der Waals surface area (Å²) in [6.45, 7) is 2.61. The minimum atomic E-state index is -5.08. The number of rotatable bonds is 10. The van der Waals surface area contributed by atoms with Gasteiger partial charge in [0.2, 0.25) is 5.91 Å². The Hall–Kier alpha value is -3.81. The van der Waals surface area contributed by atoms with Gasteiger partial charge in [0.1, 0.15) is 12.4 Å². The van der Waals surface area contributed by atoms with Gasteiger partial charge in [0.05, 0.1) is 18.5 Å². The smallest absolute Gasteiger partial charge is 0.489 e. The zero-order valence-electron chi connectivity index (χ0n) is 21.4. The molecule has 2 aromatic rings. The molecule has 3 N–H and O–H groups in total. The number of aryl methyl sites for hydroxylation is 1. The highest BCUT2D eigenvalue weighted by molar-refractivity contribution is 5.96. The summed E-state index contributed by atoms with van der Waals surface area (Å²) in [5, 5.41) is 18.6. The highest BCUT2D eigenvalue weighted by Gasteiger charge is 2.38. The Bertz CT molecular complexity index is 1200. The molecule has 0 unspecified atom stereocenters. The second-order valence-electron chi connectivity index (χ2n) is 8.74. The van der Waals surface area contributed by atoms with Crippen molar-refractivity contribution in [3.63, 3.8) is 0 Å². The van der Waals surface area contributed by atoms with Gasteiger partial charge in [-0.2, -0.15) is 26.3 Å². The summed E-state index contributed by atoms with van der Waals surface area (Å²) >= 11 is 0. The van der Waals surface area contributed by atoms with Crippen molar-refractivity contribution in [2.45, 2.75) is 51.6 Å². The number of amides is 1. The molecule has 0 aliphatic carbocycles. The number of benzene rings is 2. The summed E-state index contributed by atoms with van der Waals surface area (Å²) in [6, 6.07) is 9.58. The summed E-state index contributed by atoms with van der Waals surface area (Å²) in [7, 11) is 0. The third-order valence-corrected chi connectivity index (χ3v) is 5.69. The summed E-state index contributed by atoms with van der Waals surface area (Å²) in [5.41, 5.74) is 1.78. The minimum Gasteiger partial charge on any atom is -0.489 e. The van der Waals surface area contributed by atoms with Crippen LogP contribution >= 0.6 is 0 Å². The zero-order valence-corrected chi connectivity index (χ0v) is 21.4. The first-order valence-electron chi connectivity index (χ1n) is 12.1.